The maximum atomic E-state index is 11.4. The number of rotatable bonds is 2. The molecule has 1 N–H and O–H groups in total. The number of carbonyl (C=O) groups is 1. The van der Waals surface area contributed by atoms with Gasteiger partial charge >= 0.3 is 0 Å². The maximum Gasteiger partial charge on any atom is 0.219 e. The first kappa shape index (κ1) is 15.6. The van der Waals surface area contributed by atoms with Crippen LogP contribution in [-0.2, 0) is 4.79 Å². The van der Waals surface area contributed by atoms with Gasteiger partial charge in [-0.15, -0.1) is 0 Å². The summed E-state index contributed by atoms with van der Waals surface area (Å²) in [6.45, 7) is 5.06. The first-order chi connectivity index (χ1) is 10.7. The molecule has 124 valence electrons. The molecule has 5 nitrogen and oxygen atoms in total. The van der Waals surface area contributed by atoms with Crippen LogP contribution in [0.5, 0.6) is 0 Å². The minimum absolute atomic E-state index is 0.183. The highest BCUT2D eigenvalue weighted by Crippen LogP contribution is 2.44. The minimum Gasteiger partial charge on any atom is -0.353 e. The van der Waals surface area contributed by atoms with Crippen LogP contribution in [0.4, 0.5) is 0 Å². The van der Waals surface area contributed by atoms with Crippen LogP contribution >= 0.6 is 0 Å². The van der Waals surface area contributed by atoms with Crippen LogP contribution < -0.4 is 5.32 Å². The van der Waals surface area contributed by atoms with E-state index in [2.05, 4.69) is 15.2 Å². The summed E-state index contributed by atoms with van der Waals surface area (Å²) in [5, 5.41) is 3.67. The number of hydrogen-bond acceptors (Lipinski definition) is 2. The Morgan fingerprint density at radius 3 is 2.27 bits per heavy atom. The summed E-state index contributed by atoms with van der Waals surface area (Å²) >= 11 is 0. The van der Waals surface area contributed by atoms with Crippen molar-refractivity contribution in [1.82, 2.24) is 15.1 Å². The van der Waals surface area contributed by atoms with Gasteiger partial charge in [0.05, 0.1) is 0 Å². The van der Waals surface area contributed by atoms with Crippen molar-refractivity contribution in [3.63, 3.8) is 0 Å². The van der Waals surface area contributed by atoms with Crippen LogP contribution in [-0.4, -0.2) is 60.9 Å². The molecule has 0 aromatic carbocycles. The average molecular weight is 306 g/mol. The molecule has 1 heterocycles. The Balaban J connectivity index is 1.46. The molecule has 3 rings (SSSR count). The fraction of sp³-hybridized carbons (Fsp3) is 0.882. The second kappa shape index (κ2) is 6.88. The van der Waals surface area contributed by atoms with Gasteiger partial charge in [-0.2, -0.15) is 0 Å². The topological polar surface area (TPSA) is 47.9 Å². The highest BCUT2D eigenvalue weighted by molar-refractivity contribution is 5.81. The van der Waals surface area contributed by atoms with Gasteiger partial charge in [-0.3, -0.25) is 9.79 Å². The summed E-state index contributed by atoms with van der Waals surface area (Å²) in [6, 6.07) is 0.632. The second-order valence-corrected chi connectivity index (χ2v) is 7.09. The van der Waals surface area contributed by atoms with Gasteiger partial charge < -0.3 is 15.1 Å². The van der Waals surface area contributed by atoms with E-state index in [1.165, 1.54) is 38.5 Å². The van der Waals surface area contributed by atoms with Crippen LogP contribution in [0.25, 0.3) is 0 Å². The van der Waals surface area contributed by atoms with E-state index in [4.69, 9.17) is 0 Å². The van der Waals surface area contributed by atoms with Gasteiger partial charge in [-0.1, -0.05) is 32.1 Å². The number of nitrogens with one attached hydrogen (secondary N) is 1. The van der Waals surface area contributed by atoms with Crippen molar-refractivity contribution in [2.24, 2.45) is 16.8 Å². The second-order valence-electron chi connectivity index (χ2n) is 7.09. The maximum absolute atomic E-state index is 11.4. The summed E-state index contributed by atoms with van der Waals surface area (Å²) in [6.07, 6.45) is 8.46. The lowest BCUT2D eigenvalue weighted by molar-refractivity contribution is -0.130. The number of amides is 1. The zero-order chi connectivity index (χ0) is 15.5. The summed E-state index contributed by atoms with van der Waals surface area (Å²) in [5.41, 5.74) is 0. The summed E-state index contributed by atoms with van der Waals surface area (Å²) in [5.74, 6) is 3.03. The number of hydrogen-bond donors (Lipinski definition) is 1. The smallest absolute Gasteiger partial charge is 0.219 e. The lowest BCUT2D eigenvalue weighted by atomic mass is 9.85. The molecule has 1 amide bonds. The average Bonchev–Trinajstić information content (AvgIpc) is 3.33. The Kier molecular flexibility index (Phi) is 4.89. The molecule has 0 aromatic rings. The van der Waals surface area contributed by atoms with E-state index in [1.807, 2.05) is 11.9 Å². The van der Waals surface area contributed by atoms with E-state index in [-0.39, 0.29) is 5.91 Å². The molecule has 3 fully saturated rings. The zero-order valence-electron chi connectivity index (χ0n) is 14.1. The molecular formula is C17H30N4O. The Bertz CT molecular complexity index is 422. The summed E-state index contributed by atoms with van der Waals surface area (Å²) in [4.78, 5) is 20.1. The molecule has 2 unspecified atom stereocenters. The van der Waals surface area contributed by atoms with Gasteiger partial charge in [0, 0.05) is 46.2 Å². The van der Waals surface area contributed by atoms with Crippen LogP contribution in [0.1, 0.15) is 45.4 Å². The molecule has 0 bridgehead atoms. The van der Waals surface area contributed by atoms with Crippen molar-refractivity contribution in [3.05, 3.63) is 0 Å². The zero-order valence-corrected chi connectivity index (χ0v) is 14.1. The SMILES string of the molecule is CN=C(NC1CC1C1CCCCC1)N1CCN(C(C)=O)CC1. The van der Waals surface area contributed by atoms with E-state index in [1.54, 1.807) is 6.92 Å². The van der Waals surface area contributed by atoms with Gasteiger partial charge in [-0.25, -0.2) is 0 Å². The van der Waals surface area contributed by atoms with Crippen molar-refractivity contribution in [3.8, 4) is 0 Å². The third kappa shape index (κ3) is 3.55. The molecule has 2 saturated carbocycles. The molecule has 0 spiro atoms. The molecule has 1 saturated heterocycles. The number of piperazine rings is 1. The van der Waals surface area contributed by atoms with E-state index in [0.29, 0.717) is 6.04 Å². The number of guanidine groups is 1. The van der Waals surface area contributed by atoms with Crippen molar-refractivity contribution < 1.29 is 4.79 Å². The molecular weight excluding hydrogens is 276 g/mol. The fourth-order valence-corrected chi connectivity index (χ4v) is 4.16. The first-order valence-electron chi connectivity index (χ1n) is 8.93. The van der Waals surface area contributed by atoms with Crippen LogP contribution in [0.3, 0.4) is 0 Å². The Hall–Kier alpha value is -1.26. The van der Waals surface area contributed by atoms with Crippen molar-refractivity contribution in [2.75, 3.05) is 33.2 Å². The quantitative estimate of drug-likeness (QED) is 0.624. The number of aliphatic imine (C=N–C) groups is 1. The molecule has 0 aromatic heterocycles. The van der Waals surface area contributed by atoms with Gasteiger partial charge in [0.2, 0.25) is 5.91 Å². The van der Waals surface area contributed by atoms with E-state index >= 15 is 0 Å². The van der Waals surface area contributed by atoms with Crippen LogP contribution in [0.2, 0.25) is 0 Å². The Morgan fingerprint density at radius 1 is 1.05 bits per heavy atom. The summed E-state index contributed by atoms with van der Waals surface area (Å²) in [7, 11) is 1.87. The molecule has 2 atom stereocenters. The third-order valence-corrected chi connectivity index (χ3v) is 5.65. The molecule has 3 aliphatic rings. The van der Waals surface area contributed by atoms with Gasteiger partial charge in [0.1, 0.15) is 0 Å². The largest absolute Gasteiger partial charge is 0.353 e. The standard InChI is InChI=1S/C17H30N4O/c1-13(22)20-8-10-21(11-9-20)17(18-2)19-16-12-15(16)14-6-4-3-5-7-14/h14-16H,3-12H2,1-2H3,(H,18,19). The number of carbonyl (C=O) groups excluding carboxylic acids is 1. The number of nitrogens with zero attached hydrogens (tertiary/aromatic N) is 3. The van der Waals surface area contributed by atoms with Gasteiger partial charge in [-0.05, 0) is 18.3 Å². The monoisotopic (exact) mass is 306 g/mol. The predicted octanol–water partition coefficient (Wildman–Crippen LogP) is 1.69. The van der Waals surface area contributed by atoms with Crippen molar-refractivity contribution >= 4 is 11.9 Å². The molecule has 2 aliphatic carbocycles. The van der Waals surface area contributed by atoms with E-state index < -0.39 is 0 Å². The van der Waals surface area contributed by atoms with Gasteiger partial charge in [0.15, 0.2) is 5.96 Å². The minimum atomic E-state index is 0.183. The third-order valence-electron chi connectivity index (χ3n) is 5.65. The van der Waals surface area contributed by atoms with Crippen LogP contribution in [0, 0.1) is 11.8 Å². The van der Waals surface area contributed by atoms with Crippen molar-refractivity contribution in [1.29, 1.82) is 0 Å². The fourth-order valence-electron chi connectivity index (χ4n) is 4.16. The predicted molar refractivity (Wildman–Crippen MR) is 88.8 cm³/mol. The molecule has 1 aliphatic heterocycles. The lowest BCUT2D eigenvalue weighted by Crippen LogP contribution is -2.53. The highest BCUT2D eigenvalue weighted by atomic mass is 16.2. The normalized spacial score (nSPS) is 30.4. The summed E-state index contributed by atoms with van der Waals surface area (Å²) < 4.78 is 0. The van der Waals surface area contributed by atoms with Crippen LogP contribution in [0.15, 0.2) is 4.99 Å². The van der Waals surface area contributed by atoms with E-state index in [0.717, 1.165) is 44.0 Å². The van der Waals surface area contributed by atoms with Crippen molar-refractivity contribution in [2.45, 2.75) is 51.5 Å². The highest BCUT2D eigenvalue weighted by Gasteiger charge is 2.43. The molecule has 0 radical (unpaired) electrons. The van der Waals surface area contributed by atoms with Gasteiger partial charge in [0.25, 0.3) is 0 Å². The Labute approximate surface area is 134 Å². The lowest BCUT2D eigenvalue weighted by Gasteiger charge is -2.36. The Morgan fingerprint density at radius 2 is 1.68 bits per heavy atom. The van der Waals surface area contributed by atoms with E-state index in [9.17, 15) is 4.79 Å². The first-order valence-corrected chi connectivity index (χ1v) is 8.93. The molecule has 22 heavy (non-hydrogen) atoms. The molecule has 5 heteroatoms.